The summed E-state index contributed by atoms with van der Waals surface area (Å²) in [6.45, 7) is 7.30. The topological polar surface area (TPSA) is 113 Å². The van der Waals surface area contributed by atoms with Gasteiger partial charge in [0.05, 0.1) is 21.9 Å². The fourth-order valence-corrected chi connectivity index (χ4v) is 4.89. The maximum atomic E-state index is 12.9. The van der Waals surface area contributed by atoms with Crippen LogP contribution in [0.4, 0.5) is 11.6 Å². The van der Waals surface area contributed by atoms with Crippen LogP contribution in [-0.2, 0) is 10.8 Å². The first-order valence-corrected chi connectivity index (χ1v) is 12.5. The molecule has 1 aliphatic rings. The van der Waals surface area contributed by atoms with Gasteiger partial charge in [0.2, 0.25) is 5.95 Å². The minimum atomic E-state index is -1.24. The van der Waals surface area contributed by atoms with E-state index < -0.39 is 16.2 Å². The van der Waals surface area contributed by atoms with Crippen LogP contribution in [0.2, 0.25) is 0 Å². The predicted octanol–water partition coefficient (Wildman–Crippen LogP) is 3.12. The third-order valence-corrected chi connectivity index (χ3v) is 7.02. The molecule has 1 aliphatic heterocycles. The van der Waals surface area contributed by atoms with Crippen molar-refractivity contribution in [2.45, 2.75) is 43.1 Å². The van der Waals surface area contributed by atoms with E-state index >= 15 is 0 Å². The van der Waals surface area contributed by atoms with Crippen molar-refractivity contribution >= 4 is 28.3 Å². The largest absolute Gasteiger partial charge is 0.336 e. The quantitative estimate of drug-likeness (QED) is 0.499. The van der Waals surface area contributed by atoms with Crippen molar-refractivity contribution in [3.63, 3.8) is 0 Å². The normalized spacial score (nSPS) is 19.9. The number of nitrogens with zero attached hydrogens (tertiary/aromatic N) is 3. The Bertz CT molecular complexity index is 1160. The number of nitrogens with one attached hydrogen (secondary N) is 2. The Morgan fingerprint density at radius 3 is 2.35 bits per heavy atom. The van der Waals surface area contributed by atoms with Crippen LogP contribution in [0.5, 0.6) is 0 Å². The Morgan fingerprint density at radius 1 is 1.09 bits per heavy atom. The molecule has 1 amide bonds. The number of aromatic nitrogens is 2. The van der Waals surface area contributed by atoms with E-state index in [2.05, 4.69) is 34.4 Å². The molecule has 4 rings (SSSR count). The Labute approximate surface area is 202 Å². The summed E-state index contributed by atoms with van der Waals surface area (Å²) in [7, 11) is -1.24. The standard InChI is InChI=1S/C25H30N6O2S/c1-16-14-31(15-17(2)28-16)24(32)20-4-8-21(9-5-20)29-25-27-13-12-23(30-25)19-6-10-22(11-7-19)34(33)18(3)26/h4-13,16-18,28H,14-15,26H2,1-3H3,(H,27,29,30). The zero-order chi connectivity index (χ0) is 24.2. The fourth-order valence-electron chi connectivity index (χ4n) is 4.05. The van der Waals surface area contributed by atoms with Crippen molar-refractivity contribution in [1.29, 1.82) is 0 Å². The minimum Gasteiger partial charge on any atom is -0.336 e. The second-order valence-corrected chi connectivity index (χ2v) is 10.5. The lowest BCUT2D eigenvalue weighted by atomic mass is 10.1. The van der Waals surface area contributed by atoms with Gasteiger partial charge in [-0.2, -0.15) is 0 Å². The van der Waals surface area contributed by atoms with Crippen molar-refractivity contribution in [1.82, 2.24) is 20.2 Å². The summed E-state index contributed by atoms with van der Waals surface area (Å²) in [6, 6.07) is 17.1. The highest BCUT2D eigenvalue weighted by Gasteiger charge is 2.25. The number of benzene rings is 2. The van der Waals surface area contributed by atoms with E-state index in [0.29, 0.717) is 29.5 Å². The predicted molar refractivity (Wildman–Crippen MR) is 135 cm³/mol. The average Bonchev–Trinajstić information content (AvgIpc) is 2.83. The summed E-state index contributed by atoms with van der Waals surface area (Å²) in [4.78, 5) is 24.4. The first-order chi connectivity index (χ1) is 16.3. The van der Waals surface area contributed by atoms with Crippen molar-refractivity contribution in [3.05, 3.63) is 66.4 Å². The molecule has 0 aliphatic carbocycles. The maximum absolute atomic E-state index is 12.9. The molecule has 0 bridgehead atoms. The zero-order valence-corrected chi connectivity index (χ0v) is 20.4. The number of carbonyl (C=O) groups is 1. The van der Waals surface area contributed by atoms with Crippen LogP contribution in [0, 0.1) is 0 Å². The van der Waals surface area contributed by atoms with E-state index in [1.165, 1.54) is 0 Å². The molecule has 178 valence electrons. The zero-order valence-electron chi connectivity index (χ0n) is 19.6. The van der Waals surface area contributed by atoms with Crippen LogP contribution >= 0.6 is 0 Å². The molecule has 0 radical (unpaired) electrons. The number of amides is 1. The number of hydrogen-bond acceptors (Lipinski definition) is 7. The van der Waals surface area contributed by atoms with Gasteiger partial charge in [0.1, 0.15) is 0 Å². The lowest BCUT2D eigenvalue weighted by molar-refractivity contribution is 0.0674. The Kier molecular flexibility index (Phi) is 7.35. The highest BCUT2D eigenvalue weighted by atomic mass is 32.2. The lowest BCUT2D eigenvalue weighted by Crippen LogP contribution is -2.55. The molecule has 4 N–H and O–H groups in total. The summed E-state index contributed by atoms with van der Waals surface area (Å²) >= 11 is 0. The smallest absolute Gasteiger partial charge is 0.253 e. The number of hydrogen-bond donors (Lipinski definition) is 3. The lowest BCUT2D eigenvalue weighted by Gasteiger charge is -2.36. The van der Waals surface area contributed by atoms with Gasteiger partial charge in [-0.05, 0) is 63.2 Å². The molecule has 2 heterocycles. The van der Waals surface area contributed by atoms with Gasteiger partial charge in [0.15, 0.2) is 0 Å². The second kappa shape index (κ2) is 10.4. The summed E-state index contributed by atoms with van der Waals surface area (Å²) < 4.78 is 12.2. The fraction of sp³-hybridized carbons (Fsp3) is 0.320. The van der Waals surface area contributed by atoms with Crippen molar-refractivity contribution in [3.8, 4) is 11.3 Å². The molecule has 34 heavy (non-hydrogen) atoms. The van der Waals surface area contributed by atoms with Gasteiger partial charge in [-0.25, -0.2) is 9.97 Å². The Morgan fingerprint density at radius 2 is 1.74 bits per heavy atom. The molecular weight excluding hydrogens is 448 g/mol. The molecule has 2 aromatic carbocycles. The average molecular weight is 479 g/mol. The van der Waals surface area contributed by atoms with Crippen LogP contribution in [0.3, 0.4) is 0 Å². The third kappa shape index (κ3) is 5.67. The van der Waals surface area contributed by atoms with E-state index in [0.717, 1.165) is 16.9 Å². The van der Waals surface area contributed by atoms with Gasteiger partial charge in [-0.15, -0.1) is 0 Å². The van der Waals surface area contributed by atoms with Crippen LogP contribution in [0.25, 0.3) is 11.3 Å². The highest BCUT2D eigenvalue weighted by Crippen LogP contribution is 2.22. The van der Waals surface area contributed by atoms with Crippen molar-refractivity contribution < 1.29 is 9.00 Å². The van der Waals surface area contributed by atoms with Crippen molar-refractivity contribution in [2.75, 3.05) is 18.4 Å². The molecule has 4 unspecified atom stereocenters. The molecule has 4 atom stereocenters. The number of piperazine rings is 1. The summed E-state index contributed by atoms with van der Waals surface area (Å²) in [6.07, 6.45) is 1.68. The van der Waals surface area contributed by atoms with E-state index in [4.69, 9.17) is 5.73 Å². The Hall–Kier alpha value is -3.14. The molecule has 0 spiro atoms. The summed E-state index contributed by atoms with van der Waals surface area (Å²) in [5.74, 6) is 0.489. The molecular formula is C25H30N6O2S. The summed E-state index contributed by atoms with van der Waals surface area (Å²) in [5.41, 5.74) is 8.81. The van der Waals surface area contributed by atoms with Gasteiger partial charge < -0.3 is 21.3 Å². The molecule has 1 saturated heterocycles. The monoisotopic (exact) mass is 478 g/mol. The van der Waals surface area contributed by atoms with Crippen LogP contribution in [0.15, 0.2) is 65.7 Å². The van der Waals surface area contributed by atoms with E-state index in [-0.39, 0.29) is 18.0 Å². The molecule has 1 fully saturated rings. The van der Waals surface area contributed by atoms with E-state index in [1.807, 2.05) is 47.4 Å². The van der Waals surface area contributed by atoms with Crippen LogP contribution in [0.1, 0.15) is 31.1 Å². The van der Waals surface area contributed by atoms with E-state index in [9.17, 15) is 9.00 Å². The SMILES string of the molecule is CC1CN(C(=O)c2ccc(Nc3nccc(-c4ccc(S(=O)C(C)N)cc4)n3)cc2)CC(C)N1. The summed E-state index contributed by atoms with van der Waals surface area (Å²) in [5, 5.41) is 6.22. The number of carbonyl (C=O) groups excluding carboxylic acids is 1. The molecule has 9 heteroatoms. The first kappa shape index (κ1) is 24.0. The van der Waals surface area contributed by atoms with Crippen LogP contribution in [-0.4, -0.2) is 55.5 Å². The molecule has 8 nitrogen and oxygen atoms in total. The molecule has 0 saturated carbocycles. The van der Waals surface area contributed by atoms with Gasteiger partial charge in [-0.1, -0.05) is 12.1 Å². The maximum Gasteiger partial charge on any atom is 0.253 e. The van der Waals surface area contributed by atoms with Gasteiger partial charge in [0.25, 0.3) is 5.91 Å². The molecule has 3 aromatic rings. The van der Waals surface area contributed by atoms with Gasteiger partial charge in [0, 0.05) is 53.1 Å². The van der Waals surface area contributed by atoms with Crippen molar-refractivity contribution in [2.24, 2.45) is 5.73 Å². The second-order valence-electron chi connectivity index (χ2n) is 8.67. The van der Waals surface area contributed by atoms with E-state index in [1.54, 1.807) is 25.3 Å². The molecule has 1 aromatic heterocycles. The van der Waals surface area contributed by atoms with Crippen LogP contribution < -0.4 is 16.4 Å². The highest BCUT2D eigenvalue weighted by molar-refractivity contribution is 7.85. The number of rotatable bonds is 6. The van der Waals surface area contributed by atoms with Gasteiger partial charge >= 0.3 is 0 Å². The first-order valence-electron chi connectivity index (χ1n) is 11.3. The number of nitrogens with two attached hydrogens (primary N) is 1. The Balaban J connectivity index is 1.44. The minimum absolute atomic E-state index is 0.0402. The number of anilines is 2. The third-order valence-electron chi connectivity index (χ3n) is 5.61. The van der Waals surface area contributed by atoms with Gasteiger partial charge in [-0.3, -0.25) is 9.00 Å².